The van der Waals surface area contributed by atoms with Crippen LogP contribution in [0.2, 0.25) is 6.04 Å². The molecule has 3 rings (SSSR count). The van der Waals surface area contributed by atoms with Crippen molar-refractivity contribution in [2.75, 3.05) is 0 Å². The van der Waals surface area contributed by atoms with Crippen LogP contribution in [0.5, 0.6) is 0 Å². The summed E-state index contributed by atoms with van der Waals surface area (Å²) in [7, 11) is -1.38. The molecule has 17 heavy (non-hydrogen) atoms. The molecule has 1 aromatic heterocycles. The van der Waals surface area contributed by atoms with Crippen molar-refractivity contribution in [1.82, 2.24) is 9.97 Å². The van der Waals surface area contributed by atoms with E-state index < -0.39 is 8.07 Å². The first-order chi connectivity index (χ1) is 8.23. The molecule has 3 heteroatoms. The molecule has 1 aliphatic rings. The maximum absolute atomic E-state index is 4.40. The molecule has 1 N–H and O–H groups in total. The van der Waals surface area contributed by atoms with Crippen molar-refractivity contribution in [1.29, 1.82) is 0 Å². The highest BCUT2D eigenvalue weighted by atomic mass is 28.3. The van der Waals surface area contributed by atoms with E-state index in [1.165, 1.54) is 23.4 Å². The molecule has 0 aliphatic carbocycles. The lowest BCUT2D eigenvalue weighted by Gasteiger charge is -2.23. The first-order valence-electron chi connectivity index (χ1n) is 6.32. The number of fused-ring (bicyclic) bond motifs is 1. The van der Waals surface area contributed by atoms with Crippen molar-refractivity contribution < 1.29 is 0 Å². The quantitative estimate of drug-likeness (QED) is 0.804. The van der Waals surface area contributed by atoms with Gasteiger partial charge in [-0.1, -0.05) is 37.2 Å². The van der Waals surface area contributed by atoms with Crippen LogP contribution in [0.1, 0.15) is 23.9 Å². The number of nitrogens with zero attached hydrogens (tertiary/aromatic N) is 1. The highest BCUT2D eigenvalue weighted by Crippen LogP contribution is 2.30. The third kappa shape index (κ3) is 1.65. The molecule has 0 radical (unpaired) electrons. The summed E-state index contributed by atoms with van der Waals surface area (Å²) in [5.41, 5.74) is 3.13. The Morgan fingerprint density at radius 1 is 1.24 bits per heavy atom. The van der Waals surface area contributed by atoms with E-state index in [1.807, 2.05) is 6.92 Å². The van der Waals surface area contributed by atoms with Crippen molar-refractivity contribution in [2.45, 2.75) is 32.0 Å². The van der Waals surface area contributed by atoms with E-state index in [9.17, 15) is 0 Å². The molecule has 0 amide bonds. The minimum atomic E-state index is -1.38. The van der Waals surface area contributed by atoms with Crippen LogP contribution >= 0.6 is 0 Å². The Hall–Kier alpha value is -1.35. The van der Waals surface area contributed by atoms with Gasteiger partial charge in [-0.25, -0.2) is 4.98 Å². The van der Waals surface area contributed by atoms with Crippen LogP contribution in [0.3, 0.4) is 0 Å². The van der Waals surface area contributed by atoms with E-state index in [4.69, 9.17) is 0 Å². The maximum atomic E-state index is 4.40. The normalized spacial score (nSPS) is 17.1. The Kier molecular flexibility index (Phi) is 2.44. The van der Waals surface area contributed by atoms with Gasteiger partial charge in [0.1, 0.15) is 13.9 Å². The van der Waals surface area contributed by atoms with Crippen molar-refractivity contribution in [2.24, 2.45) is 0 Å². The fourth-order valence-corrected chi connectivity index (χ4v) is 7.33. The van der Waals surface area contributed by atoms with E-state index in [-0.39, 0.29) is 0 Å². The molecule has 88 valence electrons. The van der Waals surface area contributed by atoms with Gasteiger partial charge in [-0.2, -0.15) is 0 Å². The number of rotatable bonds is 2. The largest absolute Gasteiger partial charge is 0.350 e. The first kappa shape index (κ1) is 10.8. The molecule has 2 heterocycles. The fraction of sp³-hybridized carbons (Fsp3) is 0.357. The van der Waals surface area contributed by atoms with E-state index in [2.05, 4.69) is 47.4 Å². The summed E-state index contributed by atoms with van der Waals surface area (Å²) in [6.45, 7) is 4.39. The molecule has 0 saturated heterocycles. The van der Waals surface area contributed by atoms with Gasteiger partial charge in [0.15, 0.2) is 0 Å². The molecule has 2 nitrogen and oxygen atoms in total. The zero-order chi connectivity index (χ0) is 11.9. The molecule has 0 saturated carbocycles. The van der Waals surface area contributed by atoms with Crippen molar-refractivity contribution in [3.63, 3.8) is 0 Å². The first-order valence-corrected chi connectivity index (χ1v) is 8.94. The standard InChI is InChI=1S/C14H18N2Si/c1-3-17(14-8-15-11(2)16-14)9-12-6-4-5-7-13(12)10-17/h4-8H,3,9-10H2,1-2H3,(H,15,16). The third-order valence-corrected chi connectivity index (χ3v) is 8.99. The molecular weight excluding hydrogens is 224 g/mol. The van der Waals surface area contributed by atoms with Gasteiger partial charge < -0.3 is 4.98 Å². The Morgan fingerprint density at radius 3 is 2.35 bits per heavy atom. The van der Waals surface area contributed by atoms with Gasteiger partial charge in [-0.3, -0.25) is 0 Å². The number of aryl methyl sites for hydroxylation is 1. The van der Waals surface area contributed by atoms with Crippen molar-refractivity contribution in [3.8, 4) is 0 Å². The number of hydrogen-bond acceptors (Lipinski definition) is 1. The minimum Gasteiger partial charge on any atom is -0.350 e. The Bertz CT molecular complexity index is 520. The van der Waals surface area contributed by atoms with Gasteiger partial charge in [0.05, 0.1) is 0 Å². The van der Waals surface area contributed by atoms with Gasteiger partial charge in [-0.15, -0.1) is 0 Å². The van der Waals surface area contributed by atoms with E-state index in [0.717, 1.165) is 5.82 Å². The third-order valence-electron chi connectivity index (χ3n) is 4.13. The smallest absolute Gasteiger partial charge is 0.118 e. The number of imidazole rings is 1. The second-order valence-electron chi connectivity index (χ2n) is 5.14. The average Bonchev–Trinajstić information content (AvgIpc) is 2.92. The van der Waals surface area contributed by atoms with Crippen LogP contribution in [-0.4, -0.2) is 18.0 Å². The molecule has 0 atom stereocenters. The summed E-state index contributed by atoms with van der Waals surface area (Å²) in [6.07, 6.45) is 2.08. The molecule has 1 aromatic carbocycles. The van der Waals surface area contributed by atoms with Crippen LogP contribution in [-0.2, 0) is 12.1 Å². The number of benzene rings is 1. The molecule has 0 spiro atoms. The van der Waals surface area contributed by atoms with E-state index in [1.54, 1.807) is 11.1 Å². The summed E-state index contributed by atoms with van der Waals surface area (Å²) in [5, 5.41) is 1.44. The van der Waals surface area contributed by atoms with Crippen LogP contribution in [0.15, 0.2) is 30.5 Å². The summed E-state index contributed by atoms with van der Waals surface area (Å²) >= 11 is 0. The summed E-state index contributed by atoms with van der Waals surface area (Å²) < 4.78 is 0. The van der Waals surface area contributed by atoms with Crippen LogP contribution in [0.25, 0.3) is 0 Å². The lowest BCUT2D eigenvalue weighted by molar-refractivity contribution is 1.15. The highest BCUT2D eigenvalue weighted by molar-refractivity contribution is 6.91. The number of aromatic nitrogens is 2. The lowest BCUT2D eigenvalue weighted by atomic mass is 10.1. The summed E-state index contributed by atoms with van der Waals surface area (Å²) in [4.78, 5) is 7.89. The summed E-state index contributed by atoms with van der Waals surface area (Å²) in [5.74, 6) is 1.05. The lowest BCUT2D eigenvalue weighted by Crippen LogP contribution is -2.50. The van der Waals surface area contributed by atoms with Gasteiger partial charge in [-0.05, 0) is 30.1 Å². The van der Waals surface area contributed by atoms with Crippen LogP contribution in [0.4, 0.5) is 0 Å². The van der Waals surface area contributed by atoms with Gasteiger partial charge in [0, 0.05) is 11.5 Å². The zero-order valence-corrected chi connectivity index (χ0v) is 11.5. The zero-order valence-electron chi connectivity index (χ0n) is 10.5. The second kappa shape index (κ2) is 3.84. The van der Waals surface area contributed by atoms with Gasteiger partial charge >= 0.3 is 0 Å². The molecule has 1 aliphatic heterocycles. The number of aromatic amines is 1. The molecule has 0 unspecified atom stereocenters. The Morgan fingerprint density at radius 2 is 1.88 bits per heavy atom. The fourth-order valence-electron chi connectivity index (χ4n) is 3.02. The monoisotopic (exact) mass is 242 g/mol. The SMILES string of the molecule is CC[Si]1(c2cnc(C)[nH]2)Cc2ccccc2C1. The van der Waals surface area contributed by atoms with Crippen LogP contribution in [0, 0.1) is 6.92 Å². The highest BCUT2D eigenvalue weighted by Gasteiger charge is 2.40. The van der Waals surface area contributed by atoms with Gasteiger partial charge in [0.2, 0.25) is 0 Å². The maximum Gasteiger partial charge on any atom is 0.118 e. The minimum absolute atomic E-state index is 1.05. The van der Waals surface area contributed by atoms with Crippen molar-refractivity contribution >= 4 is 13.4 Å². The van der Waals surface area contributed by atoms with Crippen molar-refractivity contribution in [3.05, 3.63) is 47.4 Å². The number of hydrogen-bond donors (Lipinski definition) is 1. The Labute approximate surface area is 103 Å². The summed E-state index contributed by atoms with van der Waals surface area (Å²) in [6, 6.07) is 12.8. The predicted octanol–water partition coefficient (Wildman–Crippen LogP) is 2.27. The molecule has 0 fully saturated rings. The average molecular weight is 242 g/mol. The molecular formula is C14H18N2Si. The number of H-pyrrole nitrogens is 1. The predicted molar refractivity (Wildman–Crippen MR) is 73.0 cm³/mol. The topological polar surface area (TPSA) is 28.7 Å². The molecule has 2 aromatic rings. The molecule has 0 bridgehead atoms. The second-order valence-corrected chi connectivity index (χ2v) is 9.65. The van der Waals surface area contributed by atoms with Gasteiger partial charge in [0.25, 0.3) is 0 Å². The number of nitrogens with one attached hydrogen (secondary N) is 1. The van der Waals surface area contributed by atoms with E-state index >= 15 is 0 Å². The van der Waals surface area contributed by atoms with Crippen LogP contribution < -0.4 is 5.32 Å². The van der Waals surface area contributed by atoms with E-state index in [0.29, 0.717) is 0 Å². The Balaban J connectivity index is 2.03.